The highest BCUT2D eigenvalue weighted by molar-refractivity contribution is 5.94. The van der Waals surface area contributed by atoms with Crippen LogP contribution in [0.3, 0.4) is 0 Å². The second kappa shape index (κ2) is 7.98. The van der Waals surface area contributed by atoms with Crippen LogP contribution in [0.5, 0.6) is 11.5 Å². The largest absolute Gasteiger partial charge is 0.486 e. The van der Waals surface area contributed by atoms with Gasteiger partial charge in [-0.1, -0.05) is 19.4 Å². The van der Waals surface area contributed by atoms with Gasteiger partial charge in [0.15, 0.2) is 17.1 Å². The van der Waals surface area contributed by atoms with Crippen LogP contribution in [-0.4, -0.2) is 40.8 Å². The van der Waals surface area contributed by atoms with E-state index in [1.54, 1.807) is 10.7 Å². The van der Waals surface area contributed by atoms with Crippen LogP contribution in [0, 0.1) is 11.8 Å². The van der Waals surface area contributed by atoms with Gasteiger partial charge in [-0.3, -0.25) is 4.79 Å². The van der Waals surface area contributed by atoms with Gasteiger partial charge in [0, 0.05) is 19.5 Å². The number of fused-ring (bicyclic) bond motifs is 2. The predicted molar refractivity (Wildman–Crippen MR) is 118 cm³/mol. The zero-order valence-electron chi connectivity index (χ0n) is 17.6. The Morgan fingerprint density at radius 2 is 2.10 bits per heavy atom. The molecule has 5 rings (SSSR count). The summed E-state index contributed by atoms with van der Waals surface area (Å²) in [4.78, 5) is 17.3. The van der Waals surface area contributed by atoms with Crippen LogP contribution in [0.25, 0.3) is 5.65 Å². The van der Waals surface area contributed by atoms with Crippen molar-refractivity contribution in [1.82, 2.24) is 14.6 Å². The van der Waals surface area contributed by atoms with E-state index in [2.05, 4.69) is 28.0 Å². The lowest BCUT2D eigenvalue weighted by molar-refractivity contribution is -0.118. The topological polar surface area (TPSA) is 102 Å². The number of ether oxygens (including phenoxy) is 2. The molecule has 1 aliphatic carbocycles. The summed E-state index contributed by atoms with van der Waals surface area (Å²) in [6, 6.07) is 7.55. The predicted octanol–water partition coefficient (Wildman–Crippen LogP) is 3.66. The molecule has 3 N–H and O–H groups in total. The summed E-state index contributed by atoms with van der Waals surface area (Å²) < 4.78 is 13.1. The molecule has 162 valence electrons. The Morgan fingerprint density at radius 3 is 2.87 bits per heavy atom. The van der Waals surface area contributed by atoms with Crippen LogP contribution < -0.4 is 25.4 Å². The number of nitrogens with one attached hydrogen (secondary N) is 3. The van der Waals surface area contributed by atoms with Gasteiger partial charge < -0.3 is 25.4 Å². The van der Waals surface area contributed by atoms with Crippen LogP contribution in [0.2, 0.25) is 0 Å². The first-order chi connectivity index (χ1) is 15.1. The second-order valence-electron chi connectivity index (χ2n) is 8.09. The second-order valence-corrected chi connectivity index (χ2v) is 8.09. The van der Waals surface area contributed by atoms with Crippen molar-refractivity contribution in [2.24, 2.45) is 11.8 Å². The summed E-state index contributed by atoms with van der Waals surface area (Å²) in [6.45, 7) is 3.23. The van der Waals surface area contributed by atoms with Crippen molar-refractivity contribution in [3.05, 3.63) is 30.5 Å². The van der Waals surface area contributed by atoms with E-state index in [0.29, 0.717) is 60.1 Å². The average Bonchev–Trinajstić information content (AvgIpc) is 3.18. The summed E-state index contributed by atoms with van der Waals surface area (Å²) in [6.07, 6.45) is 4.49. The summed E-state index contributed by atoms with van der Waals surface area (Å²) in [5.74, 6) is 3.78. The van der Waals surface area contributed by atoms with E-state index >= 15 is 0 Å². The van der Waals surface area contributed by atoms with E-state index in [4.69, 9.17) is 14.5 Å². The molecular formula is C22H26N6O3. The number of anilines is 4. The molecule has 0 unspecified atom stereocenters. The van der Waals surface area contributed by atoms with Crippen molar-refractivity contribution in [2.45, 2.75) is 26.2 Å². The molecule has 2 atom stereocenters. The molecule has 0 spiro atoms. The van der Waals surface area contributed by atoms with Gasteiger partial charge in [0.2, 0.25) is 5.91 Å². The molecule has 3 aromatic rings. The van der Waals surface area contributed by atoms with Crippen LogP contribution >= 0.6 is 0 Å². The van der Waals surface area contributed by atoms with Gasteiger partial charge in [-0.15, -0.1) is 0 Å². The quantitative estimate of drug-likeness (QED) is 0.557. The number of hydrogen-bond donors (Lipinski definition) is 3. The van der Waals surface area contributed by atoms with Crippen molar-refractivity contribution >= 4 is 34.6 Å². The highest BCUT2D eigenvalue weighted by Crippen LogP contribution is 2.39. The molecule has 9 heteroatoms. The first-order valence-electron chi connectivity index (χ1n) is 10.6. The van der Waals surface area contributed by atoms with Crippen LogP contribution in [0.1, 0.15) is 26.2 Å². The van der Waals surface area contributed by atoms with E-state index in [1.165, 1.54) is 6.42 Å². The number of carbonyl (C=O) groups excluding carboxylic acids is 1. The molecule has 9 nitrogen and oxygen atoms in total. The maximum Gasteiger partial charge on any atom is 0.224 e. The minimum absolute atomic E-state index is 0.000276. The number of aromatic nitrogens is 3. The first kappa shape index (κ1) is 19.5. The van der Waals surface area contributed by atoms with Crippen LogP contribution in [0.4, 0.5) is 23.0 Å². The minimum Gasteiger partial charge on any atom is -0.486 e. The lowest BCUT2D eigenvalue weighted by Gasteiger charge is -2.33. The van der Waals surface area contributed by atoms with Crippen molar-refractivity contribution < 1.29 is 14.3 Å². The molecule has 1 saturated carbocycles. The fourth-order valence-electron chi connectivity index (χ4n) is 4.08. The number of nitrogens with zero attached hydrogens (tertiary/aromatic N) is 3. The maximum atomic E-state index is 12.6. The van der Waals surface area contributed by atoms with Gasteiger partial charge >= 0.3 is 0 Å². The van der Waals surface area contributed by atoms with Crippen molar-refractivity contribution in [3.63, 3.8) is 0 Å². The minimum atomic E-state index is 0.000276. The molecule has 31 heavy (non-hydrogen) atoms. The summed E-state index contributed by atoms with van der Waals surface area (Å²) in [5.41, 5.74) is 1.92. The number of amides is 1. The molecule has 0 radical (unpaired) electrons. The average molecular weight is 422 g/mol. The van der Waals surface area contributed by atoms with E-state index in [0.717, 1.165) is 17.9 Å². The highest BCUT2D eigenvalue weighted by atomic mass is 16.6. The van der Waals surface area contributed by atoms with Gasteiger partial charge in [-0.05, 0) is 30.4 Å². The van der Waals surface area contributed by atoms with Crippen molar-refractivity contribution in [1.29, 1.82) is 0 Å². The smallest absolute Gasteiger partial charge is 0.224 e. The molecule has 1 aromatic carbocycles. The van der Waals surface area contributed by atoms with Crippen LogP contribution in [-0.2, 0) is 4.79 Å². The van der Waals surface area contributed by atoms with Gasteiger partial charge in [-0.2, -0.15) is 9.61 Å². The third-order valence-electron chi connectivity index (χ3n) is 6.08. The maximum absolute atomic E-state index is 12.6. The summed E-state index contributed by atoms with van der Waals surface area (Å²) >= 11 is 0. The van der Waals surface area contributed by atoms with Gasteiger partial charge in [0.05, 0.1) is 11.9 Å². The van der Waals surface area contributed by atoms with Crippen molar-refractivity contribution in [2.75, 3.05) is 36.2 Å². The Balaban J connectivity index is 1.43. The number of benzene rings is 1. The SMILES string of the molecule is CNc1cc(Nc2cccc3c2OCCO3)nc2c(NC(=O)C[C@H]3CC[C@H]3C)cnn12. The molecule has 2 aliphatic rings. The molecule has 0 bridgehead atoms. The molecule has 0 saturated heterocycles. The molecule has 2 aromatic heterocycles. The summed E-state index contributed by atoms with van der Waals surface area (Å²) in [5, 5.41) is 13.8. The fourth-order valence-corrected chi connectivity index (χ4v) is 4.08. The first-order valence-corrected chi connectivity index (χ1v) is 10.6. The molecule has 1 fully saturated rings. The third kappa shape index (κ3) is 3.71. The Kier molecular flexibility index (Phi) is 5.01. The van der Waals surface area contributed by atoms with E-state index in [1.807, 2.05) is 31.3 Å². The van der Waals surface area contributed by atoms with Gasteiger partial charge in [0.1, 0.15) is 30.5 Å². The Hall–Kier alpha value is -3.49. The lowest BCUT2D eigenvalue weighted by Crippen LogP contribution is -2.28. The van der Waals surface area contributed by atoms with Gasteiger partial charge in [0.25, 0.3) is 0 Å². The molecule has 3 heterocycles. The molecular weight excluding hydrogens is 396 g/mol. The number of hydrogen-bond acceptors (Lipinski definition) is 7. The van der Waals surface area contributed by atoms with Crippen molar-refractivity contribution in [3.8, 4) is 11.5 Å². The van der Waals surface area contributed by atoms with Gasteiger partial charge in [-0.25, -0.2) is 4.98 Å². The van der Waals surface area contributed by atoms with Crippen LogP contribution in [0.15, 0.2) is 30.5 Å². The normalized spacial score (nSPS) is 19.5. The summed E-state index contributed by atoms with van der Waals surface area (Å²) in [7, 11) is 1.82. The van der Waals surface area contributed by atoms with E-state index in [9.17, 15) is 4.79 Å². The van der Waals surface area contributed by atoms with E-state index in [-0.39, 0.29) is 5.91 Å². The number of rotatable bonds is 6. The standard InChI is InChI=1S/C22H26N6O3/c1-13-6-7-14(13)10-20(29)26-16-12-24-28-19(23-2)11-18(27-22(16)28)25-15-4-3-5-17-21(15)31-9-8-30-17/h3-5,11-14,23H,6-10H2,1-2H3,(H,25,27)(H,26,29)/t13-,14-/m1/s1. The lowest BCUT2D eigenvalue weighted by atomic mass is 9.73. The third-order valence-corrected chi connectivity index (χ3v) is 6.08. The number of para-hydroxylation sites is 1. The fraction of sp³-hybridized carbons (Fsp3) is 0.409. The highest BCUT2D eigenvalue weighted by Gasteiger charge is 2.29. The monoisotopic (exact) mass is 422 g/mol. The molecule has 1 aliphatic heterocycles. The Morgan fingerprint density at radius 1 is 1.23 bits per heavy atom. The zero-order chi connectivity index (χ0) is 21.4. The Labute approximate surface area is 180 Å². The van der Waals surface area contributed by atoms with E-state index < -0.39 is 0 Å². The zero-order valence-corrected chi connectivity index (χ0v) is 17.6. The molecule has 1 amide bonds. The Bertz CT molecular complexity index is 1130. The number of carbonyl (C=O) groups is 1.